The summed E-state index contributed by atoms with van der Waals surface area (Å²) in [4.78, 5) is 3.66. The Balaban J connectivity index is 2.74. The molecular formula is C12H24F3N3. The number of rotatable bonds is 3. The fourth-order valence-corrected chi connectivity index (χ4v) is 2.61. The van der Waals surface area contributed by atoms with Crippen molar-refractivity contribution in [2.24, 2.45) is 5.73 Å². The van der Waals surface area contributed by atoms with Crippen LogP contribution in [0.1, 0.15) is 27.7 Å². The first-order valence-corrected chi connectivity index (χ1v) is 6.37. The van der Waals surface area contributed by atoms with Gasteiger partial charge in [-0.05, 0) is 27.7 Å². The van der Waals surface area contributed by atoms with Crippen molar-refractivity contribution in [2.45, 2.75) is 51.5 Å². The van der Waals surface area contributed by atoms with Gasteiger partial charge in [0.1, 0.15) is 6.04 Å². The number of halogens is 3. The van der Waals surface area contributed by atoms with Gasteiger partial charge in [-0.15, -0.1) is 0 Å². The zero-order chi connectivity index (χ0) is 14.1. The third kappa shape index (κ3) is 3.83. The minimum absolute atomic E-state index is 0.377. The van der Waals surface area contributed by atoms with Crippen molar-refractivity contribution in [3.63, 3.8) is 0 Å². The largest absolute Gasteiger partial charge is 0.405 e. The maximum absolute atomic E-state index is 13.1. The van der Waals surface area contributed by atoms with E-state index in [9.17, 15) is 13.2 Å². The molecule has 1 aliphatic heterocycles. The SMILES string of the molecule is CC(C)N1CCN(C(C(C)(C)N)C(F)(F)F)CC1. The topological polar surface area (TPSA) is 32.5 Å². The Morgan fingerprint density at radius 1 is 0.944 bits per heavy atom. The average molecular weight is 267 g/mol. The van der Waals surface area contributed by atoms with Crippen molar-refractivity contribution in [1.29, 1.82) is 0 Å². The maximum Gasteiger partial charge on any atom is 0.405 e. The van der Waals surface area contributed by atoms with Gasteiger partial charge in [0, 0.05) is 37.8 Å². The van der Waals surface area contributed by atoms with E-state index < -0.39 is 17.8 Å². The summed E-state index contributed by atoms with van der Waals surface area (Å²) in [6.07, 6.45) is -4.28. The molecule has 1 rings (SSSR count). The van der Waals surface area contributed by atoms with Crippen LogP contribution in [0.5, 0.6) is 0 Å². The van der Waals surface area contributed by atoms with Crippen molar-refractivity contribution in [3.05, 3.63) is 0 Å². The van der Waals surface area contributed by atoms with E-state index in [2.05, 4.69) is 18.7 Å². The van der Waals surface area contributed by atoms with E-state index >= 15 is 0 Å². The van der Waals surface area contributed by atoms with E-state index in [0.717, 1.165) is 0 Å². The van der Waals surface area contributed by atoms with Crippen molar-refractivity contribution in [3.8, 4) is 0 Å². The predicted molar refractivity (Wildman–Crippen MR) is 66.4 cm³/mol. The fourth-order valence-electron chi connectivity index (χ4n) is 2.61. The molecule has 18 heavy (non-hydrogen) atoms. The zero-order valence-electron chi connectivity index (χ0n) is 11.6. The van der Waals surface area contributed by atoms with Crippen LogP contribution in [0.2, 0.25) is 0 Å². The second kappa shape index (κ2) is 5.35. The number of hydrogen-bond donors (Lipinski definition) is 1. The Labute approximate surface area is 107 Å². The highest BCUT2D eigenvalue weighted by molar-refractivity contribution is 4.96. The summed E-state index contributed by atoms with van der Waals surface area (Å²) in [6.45, 7) is 9.18. The molecule has 2 N–H and O–H groups in total. The average Bonchev–Trinajstić information content (AvgIpc) is 2.13. The minimum Gasteiger partial charge on any atom is -0.324 e. The van der Waals surface area contributed by atoms with Gasteiger partial charge in [-0.3, -0.25) is 9.80 Å². The number of nitrogens with two attached hydrogens (primary N) is 1. The number of nitrogens with zero attached hydrogens (tertiary/aromatic N) is 2. The first-order valence-electron chi connectivity index (χ1n) is 6.37. The van der Waals surface area contributed by atoms with Crippen LogP contribution in [-0.2, 0) is 0 Å². The molecule has 6 heteroatoms. The molecular weight excluding hydrogens is 243 g/mol. The van der Waals surface area contributed by atoms with Crippen molar-refractivity contribution >= 4 is 0 Å². The van der Waals surface area contributed by atoms with Gasteiger partial charge < -0.3 is 5.73 Å². The number of piperazine rings is 1. The van der Waals surface area contributed by atoms with Crippen LogP contribution in [-0.4, -0.2) is 59.8 Å². The molecule has 0 aliphatic carbocycles. The highest BCUT2D eigenvalue weighted by Crippen LogP contribution is 2.32. The Morgan fingerprint density at radius 2 is 1.33 bits per heavy atom. The first kappa shape index (κ1) is 15.7. The van der Waals surface area contributed by atoms with E-state index in [1.165, 1.54) is 18.7 Å². The van der Waals surface area contributed by atoms with Gasteiger partial charge in [0.25, 0.3) is 0 Å². The monoisotopic (exact) mass is 267 g/mol. The molecule has 0 aromatic heterocycles. The van der Waals surface area contributed by atoms with Crippen LogP contribution in [0.25, 0.3) is 0 Å². The standard InChI is InChI=1S/C12H24F3N3/c1-9(2)17-5-7-18(8-6-17)10(11(3,4)16)12(13,14)15/h9-10H,5-8,16H2,1-4H3. The Bertz CT molecular complexity index is 249. The molecule has 1 saturated heterocycles. The van der Waals surface area contributed by atoms with Gasteiger partial charge in [0.15, 0.2) is 0 Å². The van der Waals surface area contributed by atoms with Crippen LogP contribution < -0.4 is 5.73 Å². The number of hydrogen-bond acceptors (Lipinski definition) is 3. The van der Waals surface area contributed by atoms with E-state index in [-0.39, 0.29) is 0 Å². The molecule has 1 unspecified atom stereocenters. The van der Waals surface area contributed by atoms with Crippen LogP contribution in [0.3, 0.4) is 0 Å². The lowest BCUT2D eigenvalue weighted by molar-refractivity contribution is -0.202. The quantitative estimate of drug-likeness (QED) is 0.844. The summed E-state index contributed by atoms with van der Waals surface area (Å²) in [5.41, 5.74) is 4.44. The molecule has 3 nitrogen and oxygen atoms in total. The van der Waals surface area contributed by atoms with E-state index in [4.69, 9.17) is 5.73 Å². The Hall–Kier alpha value is -0.330. The van der Waals surface area contributed by atoms with Gasteiger partial charge in [-0.2, -0.15) is 13.2 Å². The lowest BCUT2D eigenvalue weighted by Crippen LogP contribution is -2.65. The summed E-state index contributed by atoms with van der Waals surface area (Å²) < 4.78 is 39.4. The Morgan fingerprint density at radius 3 is 1.61 bits per heavy atom. The second-order valence-corrected chi connectivity index (χ2v) is 5.93. The smallest absolute Gasteiger partial charge is 0.324 e. The molecule has 0 spiro atoms. The Kier molecular flexibility index (Phi) is 4.67. The summed E-state index contributed by atoms with van der Waals surface area (Å²) in [6, 6.07) is -1.19. The lowest BCUT2D eigenvalue weighted by Gasteiger charge is -2.45. The molecule has 0 saturated carbocycles. The zero-order valence-corrected chi connectivity index (χ0v) is 11.6. The summed E-state index contributed by atoms with van der Waals surface area (Å²) in [5, 5.41) is 0. The molecule has 0 bridgehead atoms. The van der Waals surface area contributed by atoms with Crippen molar-refractivity contribution < 1.29 is 13.2 Å². The molecule has 1 fully saturated rings. The maximum atomic E-state index is 13.1. The molecule has 108 valence electrons. The third-order valence-corrected chi connectivity index (χ3v) is 3.46. The molecule has 0 aromatic carbocycles. The van der Waals surface area contributed by atoms with Crippen molar-refractivity contribution in [2.75, 3.05) is 26.2 Å². The van der Waals surface area contributed by atoms with E-state index in [0.29, 0.717) is 32.2 Å². The normalized spacial score (nSPS) is 22.5. The van der Waals surface area contributed by atoms with Crippen LogP contribution in [0.4, 0.5) is 13.2 Å². The van der Waals surface area contributed by atoms with Gasteiger partial charge in [0.05, 0.1) is 0 Å². The van der Waals surface area contributed by atoms with E-state index in [1.54, 1.807) is 0 Å². The minimum atomic E-state index is -4.28. The highest BCUT2D eigenvalue weighted by atomic mass is 19.4. The van der Waals surface area contributed by atoms with Gasteiger partial charge >= 0.3 is 6.18 Å². The molecule has 1 atom stereocenters. The van der Waals surface area contributed by atoms with Gasteiger partial charge in [0.2, 0.25) is 0 Å². The summed E-state index contributed by atoms with van der Waals surface area (Å²) in [7, 11) is 0. The predicted octanol–water partition coefficient (Wildman–Crippen LogP) is 1.68. The van der Waals surface area contributed by atoms with Crippen LogP contribution in [0.15, 0.2) is 0 Å². The van der Waals surface area contributed by atoms with Crippen LogP contribution >= 0.6 is 0 Å². The molecule has 0 amide bonds. The fraction of sp³-hybridized carbons (Fsp3) is 1.00. The van der Waals surface area contributed by atoms with Gasteiger partial charge in [-0.25, -0.2) is 0 Å². The molecule has 0 radical (unpaired) electrons. The van der Waals surface area contributed by atoms with Crippen molar-refractivity contribution in [1.82, 2.24) is 9.80 Å². The third-order valence-electron chi connectivity index (χ3n) is 3.46. The highest BCUT2D eigenvalue weighted by Gasteiger charge is 2.51. The van der Waals surface area contributed by atoms with Crippen LogP contribution in [0, 0.1) is 0 Å². The van der Waals surface area contributed by atoms with Gasteiger partial charge in [-0.1, -0.05) is 0 Å². The molecule has 1 heterocycles. The van der Waals surface area contributed by atoms with E-state index in [1.807, 2.05) is 0 Å². The lowest BCUT2D eigenvalue weighted by atomic mass is 9.93. The summed E-state index contributed by atoms with van der Waals surface area (Å²) >= 11 is 0. The number of alkyl halides is 3. The molecule has 0 aromatic rings. The molecule has 1 aliphatic rings. The second-order valence-electron chi connectivity index (χ2n) is 5.93. The summed E-state index contributed by atoms with van der Waals surface area (Å²) in [5.74, 6) is 0. The first-order chi connectivity index (χ1) is 8.03.